The van der Waals surface area contributed by atoms with Gasteiger partial charge in [0.2, 0.25) is 0 Å². The molecule has 1 heterocycles. The molecule has 0 bridgehead atoms. The maximum absolute atomic E-state index is 9.55. The van der Waals surface area contributed by atoms with Crippen molar-refractivity contribution in [2.24, 2.45) is 0 Å². The Morgan fingerprint density at radius 3 is 2.38 bits per heavy atom. The molecule has 1 fully saturated rings. The highest BCUT2D eigenvalue weighted by Crippen LogP contribution is 2.22. The van der Waals surface area contributed by atoms with Crippen LogP contribution in [0, 0.1) is 0 Å². The van der Waals surface area contributed by atoms with Crippen LogP contribution >= 0.6 is 0 Å². The maximum atomic E-state index is 9.55. The molecular weight excluding hydrogens is 176 g/mol. The van der Waals surface area contributed by atoms with Gasteiger partial charge in [-0.1, -0.05) is 0 Å². The number of rotatable bonds is 2. The minimum Gasteiger partial charge on any atom is -0.394 e. The minimum absolute atomic E-state index is 0.280. The van der Waals surface area contributed by atoms with Gasteiger partial charge in [0.25, 0.3) is 0 Å². The number of hydrogen-bond donors (Lipinski definition) is 3. The van der Waals surface area contributed by atoms with Crippen LogP contribution in [0.3, 0.4) is 0 Å². The number of hydrogen-bond acceptors (Lipinski definition) is 5. The Labute approximate surface area is 76.9 Å². The zero-order valence-corrected chi connectivity index (χ0v) is 7.75. The minimum atomic E-state index is -0.985. The predicted octanol–water partition coefficient (Wildman–Crippen LogP) is -1.50. The van der Waals surface area contributed by atoms with Crippen LogP contribution in [0.4, 0.5) is 0 Å². The Balaban J connectivity index is 2.69. The molecule has 1 aliphatic rings. The predicted molar refractivity (Wildman–Crippen MR) is 44.2 cm³/mol. The summed E-state index contributed by atoms with van der Waals surface area (Å²) in [5.41, 5.74) is 0. The zero-order valence-electron chi connectivity index (χ0n) is 7.75. The monoisotopic (exact) mass is 192 g/mol. The van der Waals surface area contributed by atoms with Gasteiger partial charge in [-0.2, -0.15) is 0 Å². The van der Waals surface area contributed by atoms with Gasteiger partial charge >= 0.3 is 0 Å². The molecule has 78 valence electrons. The van der Waals surface area contributed by atoms with E-state index in [1.54, 1.807) is 6.92 Å². The van der Waals surface area contributed by atoms with Gasteiger partial charge in [-0.05, 0) is 6.92 Å². The van der Waals surface area contributed by atoms with E-state index in [1.165, 1.54) is 7.11 Å². The van der Waals surface area contributed by atoms with Crippen molar-refractivity contribution in [1.82, 2.24) is 0 Å². The molecule has 0 aromatic rings. The summed E-state index contributed by atoms with van der Waals surface area (Å²) in [7, 11) is 1.41. The van der Waals surface area contributed by atoms with Crippen molar-refractivity contribution in [2.75, 3.05) is 13.7 Å². The average Bonchev–Trinajstić information content (AvgIpc) is 2.12. The third-order valence-electron chi connectivity index (χ3n) is 2.38. The number of aliphatic hydroxyl groups is 3. The first-order valence-corrected chi connectivity index (χ1v) is 4.27. The van der Waals surface area contributed by atoms with Gasteiger partial charge in [0.15, 0.2) is 0 Å². The van der Waals surface area contributed by atoms with Crippen LogP contribution in [-0.2, 0) is 9.47 Å². The van der Waals surface area contributed by atoms with E-state index >= 15 is 0 Å². The second-order valence-corrected chi connectivity index (χ2v) is 3.24. The van der Waals surface area contributed by atoms with Gasteiger partial charge in [-0.3, -0.25) is 0 Å². The van der Waals surface area contributed by atoms with Crippen LogP contribution in [0.1, 0.15) is 6.92 Å². The molecule has 0 radical (unpaired) electrons. The molecule has 1 saturated heterocycles. The largest absolute Gasteiger partial charge is 0.394 e. The summed E-state index contributed by atoms with van der Waals surface area (Å²) in [5.74, 6) is 0. The standard InChI is InChI=1S/C8H16O5/c1-4-6(10)8(12-2)7(11)5(3-9)13-4/h4-11H,3H2,1-2H3/t4-,5?,6?,7+,8?/m0/s1. The van der Waals surface area contributed by atoms with Crippen LogP contribution < -0.4 is 0 Å². The highest BCUT2D eigenvalue weighted by molar-refractivity contribution is 4.91. The second kappa shape index (κ2) is 4.34. The van der Waals surface area contributed by atoms with Gasteiger partial charge in [-0.25, -0.2) is 0 Å². The molecule has 3 N–H and O–H groups in total. The first kappa shape index (κ1) is 10.9. The first-order valence-electron chi connectivity index (χ1n) is 4.27. The summed E-state index contributed by atoms with van der Waals surface area (Å²) >= 11 is 0. The van der Waals surface area contributed by atoms with Gasteiger partial charge in [-0.15, -0.1) is 0 Å². The topological polar surface area (TPSA) is 79.2 Å². The van der Waals surface area contributed by atoms with Crippen LogP contribution in [0.2, 0.25) is 0 Å². The van der Waals surface area contributed by atoms with Gasteiger partial charge in [0.1, 0.15) is 24.4 Å². The molecule has 1 aliphatic heterocycles. The summed E-state index contributed by atoms with van der Waals surface area (Å²) in [6, 6.07) is 0. The van der Waals surface area contributed by atoms with Crippen molar-refractivity contribution >= 4 is 0 Å². The van der Waals surface area contributed by atoms with E-state index in [0.717, 1.165) is 0 Å². The zero-order chi connectivity index (χ0) is 10.0. The van der Waals surface area contributed by atoms with E-state index in [1.807, 2.05) is 0 Å². The third kappa shape index (κ3) is 2.00. The average molecular weight is 192 g/mol. The Bertz CT molecular complexity index is 163. The van der Waals surface area contributed by atoms with E-state index in [2.05, 4.69) is 0 Å². The maximum Gasteiger partial charge on any atom is 0.114 e. The number of ether oxygens (including phenoxy) is 2. The van der Waals surface area contributed by atoms with Crippen molar-refractivity contribution in [2.45, 2.75) is 37.4 Å². The molecule has 0 spiro atoms. The van der Waals surface area contributed by atoms with Crippen LogP contribution in [0.15, 0.2) is 0 Å². The van der Waals surface area contributed by atoms with Crippen molar-refractivity contribution in [3.63, 3.8) is 0 Å². The van der Waals surface area contributed by atoms with Crippen molar-refractivity contribution < 1.29 is 24.8 Å². The normalized spacial score (nSPS) is 46.4. The quantitative estimate of drug-likeness (QED) is 0.496. The number of aliphatic hydroxyl groups excluding tert-OH is 3. The molecule has 0 aromatic carbocycles. The van der Waals surface area contributed by atoms with E-state index in [0.29, 0.717) is 0 Å². The van der Waals surface area contributed by atoms with Crippen LogP contribution in [-0.4, -0.2) is 59.6 Å². The van der Waals surface area contributed by atoms with Crippen molar-refractivity contribution in [3.8, 4) is 0 Å². The summed E-state index contributed by atoms with van der Waals surface area (Å²) in [5, 5.41) is 27.9. The van der Waals surface area contributed by atoms with Gasteiger partial charge in [0.05, 0.1) is 12.7 Å². The van der Waals surface area contributed by atoms with Gasteiger partial charge < -0.3 is 24.8 Å². The smallest absolute Gasteiger partial charge is 0.114 e. The molecule has 0 amide bonds. The Morgan fingerprint density at radius 1 is 1.31 bits per heavy atom. The fraction of sp³-hybridized carbons (Fsp3) is 1.00. The molecule has 0 aliphatic carbocycles. The molecule has 13 heavy (non-hydrogen) atoms. The second-order valence-electron chi connectivity index (χ2n) is 3.24. The molecule has 5 heteroatoms. The van der Waals surface area contributed by atoms with E-state index in [-0.39, 0.29) is 6.61 Å². The summed E-state index contributed by atoms with van der Waals surface area (Å²) in [6.45, 7) is 1.39. The summed E-state index contributed by atoms with van der Waals surface area (Å²) in [6.07, 6.45) is -3.65. The highest BCUT2D eigenvalue weighted by Gasteiger charge is 2.42. The fourth-order valence-electron chi connectivity index (χ4n) is 1.55. The SMILES string of the molecule is COC1C(O)[C@H](C)OC(CO)[C@H]1O. The van der Waals surface area contributed by atoms with Crippen molar-refractivity contribution in [3.05, 3.63) is 0 Å². The van der Waals surface area contributed by atoms with E-state index in [9.17, 15) is 10.2 Å². The van der Waals surface area contributed by atoms with Crippen LogP contribution in [0.25, 0.3) is 0 Å². The fourth-order valence-corrected chi connectivity index (χ4v) is 1.55. The molecular formula is C8H16O5. The van der Waals surface area contributed by atoms with Crippen LogP contribution in [0.5, 0.6) is 0 Å². The molecule has 3 unspecified atom stereocenters. The van der Waals surface area contributed by atoms with Gasteiger partial charge in [0, 0.05) is 7.11 Å². The lowest BCUT2D eigenvalue weighted by Crippen LogP contribution is -2.58. The van der Waals surface area contributed by atoms with E-state index < -0.39 is 30.5 Å². The van der Waals surface area contributed by atoms with Crippen molar-refractivity contribution in [1.29, 1.82) is 0 Å². The summed E-state index contributed by atoms with van der Waals surface area (Å²) < 4.78 is 10.1. The summed E-state index contributed by atoms with van der Waals surface area (Å²) in [4.78, 5) is 0. The lowest BCUT2D eigenvalue weighted by molar-refractivity contribution is -0.231. The Hall–Kier alpha value is -0.200. The molecule has 0 saturated carbocycles. The lowest BCUT2D eigenvalue weighted by Gasteiger charge is -2.40. The lowest BCUT2D eigenvalue weighted by atomic mass is 9.96. The molecule has 5 atom stereocenters. The number of methoxy groups -OCH3 is 1. The molecule has 5 nitrogen and oxygen atoms in total. The molecule has 0 aromatic heterocycles. The Morgan fingerprint density at radius 2 is 1.92 bits per heavy atom. The Kier molecular flexibility index (Phi) is 3.63. The highest BCUT2D eigenvalue weighted by atomic mass is 16.6. The molecule has 1 rings (SSSR count). The first-order chi connectivity index (χ1) is 6.11. The third-order valence-corrected chi connectivity index (χ3v) is 2.38. The van der Waals surface area contributed by atoms with E-state index in [4.69, 9.17) is 14.6 Å².